The number of rotatable bonds is 5. The number of nitrogens with zero attached hydrogens (tertiary/aromatic N) is 2. The molecule has 0 aliphatic heterocycles. The minimum atomic E-state index is -3.69. The van der Waals surface area contributed by atoms with Crippen LogP contribution >= 0.6 is 11.3 Å². The molecule has 18 heavy (non-hydrogen) atoms. The fraction of sp³-hybridized carbons (Fsp3) is 0.333. The van der Waals surface area contributed by atoms with Gasteiger partial charge in [0, 0.05) is 17.6 Å². The number of aliphatic hydroxyl groups excluding tert-OH is 1. The molecule has 0 saturated carbocycles. The number of aromatic amines is 1. The number of aryl methyl sites for hydroxylation is 1. The zero-order valence-electron chi connectivity index (χ0n) is 9.54. The van der Waals surface area contributed by atoms with Gasteiger partial charge in [-0.1, -0.05) is 0 Å². The third kappa shape index (κ3) is 2.58. The monoisotopic (exact) mass is 288 g/mol. The maximum atomic E-state index is 12.1. The van der Waals surface area contributed by atoms with Crippen molar-refractivity contribution in [1.29, 1.82) is 0 Å². The van der Waals surface area contributed by atoms with Gasteiger partial charge in [0.15, 0.2) is 0 Å². The summed E-state index contributed by atoms with van der Waals surface area (Å²) < 4.78 is 26.6. The van der Waals surface area contributed by atoms with Gasteiger partial charge in [0.05, 0.1) is 17.8 Å². The van der Waals surface area contributed by atoms with Gasteiger partial charge in [-0.3, -0.25) is 10.1 Å². The highest BCUT2D eigenvalue weighted by molar-refractivity contribution is 7.89. The predicted octanol–water partition coefficient (Wildman–Crippen LogP) is 0.145. The fourth-order valence-electron chi connectivity index (χ4n) is 1.50. The fourth-order valence-corrected chi connectivity index (χ4v) is 3.49. The molecule has 0 amide bonds. The van der Waals surface area contributed by atoms with Gasteiger partial charge >= 0.3 is 0 Å². The second-order valence-electron chi connectivity index (χ2n) is 3.57. The molecule has 0 radical (unpaired) electrons. The van der Waals surface area contributed by atoms with Crippen molar-refractivity contribution in [2.75, 3.05) is 0 Å². The molecule has 2 heterocycles. The van der Waals surface area contributed by atoms with Gasteiger partial charge in [-0.15, -0.1) is 11.3 Å². The molecule has 0 atom stereocenters. The van der Waals surface area contributed by atoms with Gasteiger partial charge in [0.2, 0.25) is 10.0 Å². The normalized spacial score (nSPS) is 11.9. The van der Waals surface area contributed by atoms with E-state index in [9.17, 15) is 8.42 Å². The van der Waals surface area contributed by atoms with E-state index in [0.29, 0.717) is 5.69 Å². The van der Waals surface area contributed by atoms with Crippen molar-refractivity contribution in [3.05, 3.63) is 28.0 Å². The van der Waals surface area contributed by atoms with Gasteiger partial charge in [0.25, 0.3) is 0 Å². The van der Waals surface area contributed by atoms with Crippen molar-refractivity contribution in [2.45, 2.75) is 25.0 Å². The Bertz CT molecular complexity index is 618. The standard InChI is InChI=1S/C9H12N4O3S2/c1-6-9(8(4-14)13-12-6)18(15,16)11-3-7-2-10-5-17-7/h2,5,11,14H,3-4H2,1H3,(H,12,13). The number of aromatic nitrogens is 3. The van der Waals surface area contributed by atoms with Crippen LogP contribution in [0.1, 0.15) is 16.3 Å². The summed E-state index contributed by atoms with van der Waals surface area (Å²) in [6.07, 6.45) is 1.60. The van der Waals surface area contributed by atoms with Crippen molar-refractivity contribution in [3.63, 3.8) is 0 Å². The molecule has 0 spiro atoms. The quantitative estimate of drug-likeness (QED) is 0.725. The first-order chi connectivity index (χ1) is 8.54. The van der Waals surface area contributed by atoms with Crippen molar-refractivity contribution in [2.24, 2.45) is 0 Å². The van der Waals surface area contributed by atoms with Gasteiger partial charge in [-0.25, -0.2) is 13.1 Å². The lowest BCUT2D eigenvalue weighted by Crippen LogP contribution is -2.24. The summed E-state index contributed by atoms with van der Waals surface area (Å²) in [6, 6.07) is 0. The smallest absolute Gasteiger partial charge is 0.244 e. The van der Waals surface area contributed by atoms with Crippen LogP contribution in [0.5, 0.6) is 0 Å². The Labute approximate surface area is 108 Å². The van der Waals surface area contributed by atoms with Crippen molar-refractivity contribution in [3.8, 4) is 0 Å². The Morgan fingerprint density at radius 2 is 2.33 bits per heavy atom. The van der Waals surface area contributed by atoms with Gasteiger partial charge < -0.3 is 5.11 Å². The number of H-pyrrole nitrogens is 1. The molecule has 0 fully saturated rings. The third-order valence-corrected chi connectivity index (χ3v) is 4.68. The van der Waals surface area contributed by atoms with E-state index in [1.807, 2.05) is 0 Å². The molecule has 98 valence electrons. The maximum Gasteiger partial charge on any atom is 0.244 e. The molecule has 0 aromatic carbocycles. The second kappa shape index (κ2) is 5.14. The SMILES string of the molecule is Cc1[nH]nc(CO)c1S(=O)(=O)NCc1cncs1. The summed E-state index contributed by atoms with van der Waals surface area (Å²) in [6.45, 7) is 1.33. The first-order valence-corrected chi connectivity index (χ1v) is 7.42. The molecule has 0 aliphatic rings. The molecule has 2 aromatic heterocycles. The Morgan fingerprint density at radius 3 is 2.94 bits per heavy atom. The van der Waals surface area contributed by atoms with Crippen LogP contribution in [-0.2, 0) is 23.2 Å². The van der Waals surface area contributed by atoms with Gasteiger partial charge in [0.1, 0.15) is 10.6 Å². The summed E-state index contributed by atoms with van der Waals surface area (Å²) >= 11 is 1.36. The molecule has 0 unspecified atom stereocenters. The molecule has 2 aromatic rings. The lowest BCUT2D eigenvalue weighted by molar-refractivity contribution is 0.273. The average Bonchev–Trinajstić information content (AvgIpc) is 2.95. The number of sulfonamides is 1. The van der Waals surface area contributed by atoms with E-state index < -0.39 is 16.6 Å². The molecule has 0 saturated heterocycles. The average molecular weight is 288 g/mol. The Kier molecular flexibility index (Phi) is 3.76. The lowest BCUT2D eigenvalue weighted by Gasteiger charge is -2.05. The summed E-state index contributed by atoms with van der Waals surface area (Å²) in [7, 11) is -3.69. The van der Waals surface area contributed by atoms with Crippen LogP contribution in [0.3, 0.4) is 0 Å². The molecule has 9 heteroatoms. The number of nitrogens with one attached hydrogen (secondary N) is 2. The van der Waals surface area contributed by atoms with Crippen LogP contribution < -0.4 is 4.72 Å². The van der Waals surface area contributed by atoms with Gasteiger partial charge in [-0.05, 0) is 6.92 Å². The van der Waals surface area contributed by atoms with E-state index in [1.165, 1.54) is 11.3 Å². The Balaban J connectivity index is 2.22. The van der Waals surface area contributed by atoms with Crippen molar-refractivity contribution >= 4 is 21.4 Å². The Hall–Kier alpha value is -1.29. The summed E-state index contributed by atoms with van der Waals surface area (Å²) in [5.41, 5.74) is 2.14. The number of thiazole rings is 1. The van der Waals surface area contributed by atoms with Crippen LogP contribution in [-0.4, -0.2) is 28.7 Å². The first kappa shape index (κ1) is 13.1. The van der Waals surface area contributed by atoms with E-state index in [2.05, 4.69) is 19.9 Å². The zero-order valence-corrected chi connectivity index (χ0v) is 11.2. The zero-order chi connectivity index (χ0) is 13.2. The van der Waals surface area contributed by atoms with E-state index >= 15 is 0 Å². The van der Waals surface area contributed by atoms with Crippen molar-refractivity contribution in [1.82, 2.24) is 19.9 Å². The predicted molar refractivity (Wildman–Crippen MR) is 65.4 cm³/mol. The molecular weight excluding hydrogens is 276 g/mol. The lowest BCUT2D eigenvalue weighted by atomic mass is 10.4. The molecule has 3 N–H and O–H groups in total. The topological polar surface area (TPSA) is 108 Å². The largest absolute Gasteiger partial charge is 0.390 e. The Morgan fingerprint density at radius 1 is 1.56 bits per heavy atom. The maximum absolute atomic E-state index is 12.1. The molecule has 2 rings (SSSR count). The summed E-state index contributed by atoms with van der Waals surface area (Å²) in [5, 5.41) is 15.4. The molecule has 7 nitrogen and oxygen atoms in total. The minimum absolute atomic E-state index is 0.00881. The second-order valence-corrected chi connectivity index (χ2v) is 6.25. The molecular formula is C9H12N4O3S2. The van der Waals surface area contributed by atoms with Crippen LogP contribution in [0.25, 0.3) is 0 Å². The number of hydrogen-bond donors (Lipinski definition) is 3. The van der Waals surface area contributed by atoms with Crippen LogP contribution in [0, 0.1) is 6.92 Å². The minimum Gasteiger partial charge on any atom is -0.390 e. The number of aliphatic hydroxyl groups is 1. The molecule has 0 bridgehead atoms. The molecule has 0 aliphatic carbocycles. The van der Waals surface area contributed by atoms with Crippen LogP contribution in [0.15, 0.2) is 16.6 Å². The van der Waals surface area contributed by atoms with E-state index in [0.717, 1.165) is 4.88 Å². The van der Waals surface area contributed by atoms with Crippen LogP contribution in [0.2, 0.25) is 0 Å². The summed E-state index contributed by atoms with van der Waals surface area (Å²) in [5.74, 6) is 0. The summed E-state index contributed by atoms with van der Waals surface area (Å²) in [4.78, 5) is 4.68. The van der Waals surface area contributed by atoms with Crippen LogP contribution in [0.4, 0.5) is 0 Å². The van der Waals surface area contributed by atoms with Crippen molar-refractivity contribution < 1.29 is 13.5 Å². The highest BCUT2D eigenvalue weighted by atomic mass is 32.2. The van der Waals surface area contributed by atoms with E-state index in [1.54, 1.807) is 18.6 Å². The third-order valence-electron chi connectivity index (χ3n) is 2.30. The van der Waals surface area contributed by atoms with E-state index in [-0.39, 0.29) is 17.1 Å². The highest BCUT2D eigenvalue weighted by Crippen LogP contribution is 2.18. The first-order valence-electron chi connectivity index (χ1n) is 5.06. The number of hydrogen-bond acceptors (Lipinski definition) is 6. The highest BCUT2D eigenvalue weighted by Gasteiger charge is 2.23. The van der Waals surface area contributed by atoms with Gasteiger partial charge in [-0.2, -0.15) is 5.10 Å². The van der Waals surface area contributed by atoms with E-state index in [4.69, 9.17) is 5.11 Å².